The molecule has 0 atom stereocenters. The molecule has 0 aliphatic heterocycles. The van der Waals surface area contributed by atoms with Crippen LogP contribution in [0.1, 0.15) is 22.8 Å². The number of hydrogen-bond acceptors (Lipinski definition) is 6. The smallest absolute Gasteiger partial charge is 0.271 e. The SMILES string of the molecule is COc1cc(C(=O)NN=C(C)c2ccncc2)cc(OC)c1OC. The highest BCUT2D eigenvalue weighted by atomic mass is 16.5. The molecule has 0 saturated heterocycles. The lowest BCUT2D eigenvalue weighted by atomic mass is 10.1. The second kappa shape index (κ2) is 7.96. The van der Waals surface area contributed by atoms with Crippen molar-refractivity contribution in [2.45, 2.75) is 6.92 Å². The second-order valence-electron chi connectivity index (χ2n) is 4.79. The van der Waals surface area contributed by atoms with Gasteiger partial charge in [-0.2, -0.15) is 5.10 Å². The van der Waals surface area contributed by atoms with Crippen LogP contribution >= 0.6 is 0 Å². The summed E-state index contributed by atoms with van der Waals surface area (Å²) in [5.74, 6) is 0.837. The van der Waals surface area contributed by atoms with E-state index in [1.165, 1.54) is 21.3 Å². The lowest BCUT2D eigenvalue weighted by Crippen LogP contribution is -2.19. The number of nitrogens with one attached hydrogen (secondary N) is 1. The van der Waals surface area contributed by atoms with E-state index in [2.05, 4.69) is 15.5 Å². The Kier molecular flexibility index (Phi) is 5.73. The Morgan fingerprint density at radius 3 is 2.08 bits per heavy atom. The van der Waals surface area contributed by atoms with E-state index < -0.39 is 0 Å². The quantitative estimate of drug-likeness (QED) is 0.649. The van der Waals surface area contributed by atoms with E-state index in [0.29, 0.717) is 28.5 Å². The molecule has 126 valence electrons. The van der Waals surface area contributed by atoms with Crippen LogP contribution in [0, 0.1) is 0 Å². The standard InChI is InChI=1S/C17H19N3O4/c1-11(12-5-7-18-8-6-12)19-20-17(21)13-9-14(22-2)16(24-4)15(10-13)23-3/h5-10H,1-4H3,(H,20,21). The number of methoxy groups -OCH3 is 3. The number of nitrogens with zero attached hydrogens (tertiary/aromatic N) is 2. The van der Waals surface area contributed by atoms with Gasteiger partial charge in [0, 0.05) is 23.5 Å². The van der Waals surface area contributed by atoms with Gasteiger partial charge < -0.3 is 14.2 Å². The zero-order valence-corrected chi connectivity index (χ0v) is 14.0. The summed E-state index contributed by atoms with van der Waals surface area (Å²) in [5.41, 5.74) is 4.39. The van der Waals surface area contributed by atoms with Gasteiger partial charge in [-0.15, -0.1) is 0 Å². The number of hydrogen-bond donors (Lipinski definition) is 1. The molecular weight excluding hydrogens is 310 g/mol. The molecule has 0 aliphatic rings. The Hall–Kier alpha value is -3.09. The zero-order chi connectivity index (χ0) is 17.5. The van der Waals surface area contributed by atoms with Gasteiger partial charge >= 0.3 is 0 Å². The van der Waals surface area contributed by atoms with Gasteiger partial charge in [-0.25, -0.2) is 5.43 Å². The number of ether oxygens (including phenoxy) is 3. The Bertz CT molecular complexity index is 720. The average Bonchev–Trinajstić information content (AvgIpc) is 2.65. The van der Waals surface area contributed by atoms with E-state index in [0.717, 1.165) is 5.56 Å². The summed E-state index contributed by atoms with van der Waals surface area (Å²) in [6.07, 6.45) is 3.32. The van der Waals surface area contributed by atoms with Crippen LogP contribution in [0.4, 0.5) is 0 Å². The summed E-state index contributed by atoms with van der Waals surface area (Å²) < 4.78 is 15.7. The molecule has 0 spiro atoms. The fourth-order valence-corrected chi connectivity index (χ4v) is 2.07. The zero-order valence-electron chi connectivity index (χ0n) is 14.0. The van der Waals surface area contributed by atoms with Crippen molar-refractivity contribution in [3.63, 3.8) is 0 Å². The van der Waals surface area contributed by atoms with Gasteiger partial charge in [-0.1, -0.05) is 0 Å². The molecule has 0 fully saturated rings. The summed E-state index contributed by atoms with van der Waals surface area (Å²) in [7, 11) is 4.48. The van der Waals surface area contributed by atoms with Gasteiger partial charge in [0.25, 0.3) is 5.91 Å². The molecule has 1 N–H and O–H groups in total. The molecule has 1 heterocycles. The van der Waals surface area contributed by atoms with Crippen molar-refractivity contribution in [1.29, 1.82) is 0 Å². The van der Waals surface area contributed by atoms with E-state index in [4.69, 9.17) is 14.2 Å². The van der Waals surface area contributed by atoms with Crippen molar-refractivity contribution in [3.8, 4) is 17.2 Å². The van der Waals surface area contributed by atoms with E-state index >= 15 is 0 Å². The summed E-state index contributed by atoms with van der Waals surface area (Å²) >= 11 is 0. The van der Waals surface area contributed by atoms with Crippen molar-refractivity contribution in [3.05, 3.63) is 47.8 Å². The van der Waals surface area contributed by atoms with Crippen LogP contribution in [-0.4, -0.2) is 37.9 Å². The Labute approximate surface area is 140 Å². The van der Waals surface area contributed by atoms with Crippen LogP contribution in [-0.2, 0) is 0 Å². The molecule has 24 heavy (non-hydrogen) atoms. The largest absolute Gasteiger partial charge is 0.493 e. The summed E-state index contributed by atoms with van der Waals surface area (Å²) in [6.45, 7) is 1.80. The van der Waals surface area contributed by atoms with Crippen LogP contribution < -0.4 is 19.6 Å². The van der Waals surface area contributed by atoms with Crippen LogP contribution in [0.2, 0.25) is 0 Å². The lowest BCUT2D eigenvalue weighted by Gasteiger charge is -2.13. The predicted octanol–water partition coefficient (Wildman–Crippen LogP) is 2.26. The molecular formula is C17H19N3O4. The molecule has 2 rings (SSSR count). The molecule has 0 bridgehead atoms. The minimum atomic E-state index is -0.386. The number of rotatable bonds is 6. The van der Waals surface area contributed by atoms with Gasteiger partial charge in [0.05, 0.1) is 27.0 Å². The van der Waals surface area contributed by atoms with Crippen molar-refractivity contribution in [1.82, 2.24) is 10.4 Å². The van der Waals surface area contributed by atoms with Gasteiger partial charge in [-0.3, -0.25) is 9.78 Å². The molecule has 0 unspecified atom stereocenters. The first kappa shape index (κ1) is 17.3. The molecule has 7 nitrogen and oxygen atoms in total. The van der Waals surface area contributed by atoms with Crippen LogP contribution in [0.5, 0.6) is 17.2 Å². The fourth-order valence-electron chi connectivity index (χ4n) is 2.07. The fraction of sp³-hybridized carbons (Fsp3) is 0.235. The highest BCUT2D eigenvalue weighted by molar-refractivity contribution is 6.01. The number of amides is 1. The first-order valence-corrected chi connectivity index (χ1v) is 7.15. The third-order valence-corrected chi connectivity index (χ3v) is 3.35. The average molecular weight is 329 g/mol. The highest BCUT2D eigenvalue weighted by Crippen LogP contribution is 2.38. The molecule has 1 aromatic heterocycles. The van der Waals surface area contributed by atoms with E-state index in [1.807, 2.05) is 12.1 Å². The van der Waals surface area contributed by atoms with Crippen LogP contribution in [0.25, 0.3) is 0 Å². The van der Waals surface area contributed by atoms with Crippen molar-refractivity contribution < 1.29 is 19.0 Å². The van der Waals surface area contributed by atoms with E-state index in [1.54, 1.807) is 31.5 Å². The van der Waals surface area contributed by atoms with E-state index in [9.17, 15) is 4.79 Å². The summed E-state index contributed by atoms with van der Waals surface area (Å²) in [6, 6.07) is 6.75. The molecule has 7 heteroatoms. The summed E-state index contributed by atoms with van der Waals surface area (Å²) in [4.78, 5) is 16.3. The second-order valence-corrected chi connectivity index (χ2v) is 4.79. The molecule has 0 saturated carbocycles. The maximum atomic E-state index is 12.3. The third-order valence-electron chi connectivity index (χ3n) is 3.35. The molecule has 1 aromatic carbocycles. The lowest BCUT2D eigenvalue weighted by molar-refractivity contribution is 0.0954. The molecule has 1 amide bonds. The maximum Gasteiger partial charge on any atom is 0.271 e. The third kappa shape index (κ3) is 3.81. The minimum Gasteiger partial charge on any atom is -0.493 e. The highest BCUT2D eigenvalue weighted by Gasteiger charge is 2.16. The number of benzene rings is 1. The Morgan fingerprint density at radius 2 is 1.58 bits per heavy atom. The minimum absolute atomic E-state index is 0.343. The van der Waals surface area contributed by atoms with Crippen molar-refractivity contribution >= 4 is 11.6 Å². The normalized spacial score (nSPS) is 10.9. The van der Waals surface area contributed by atoms with Gasteiger partial charge in [0.2, 0.25) is 5.75 Å². The Balaban J connectivity index is 2.24. The monoisotopic (exact) mass is 329 g/mol. The van der Waals surface area contributed by atoms with Gasteiger partial charge in [0.15, 0.2) is 11.5 Å². The van der Waals surface area contributed by atoms with Crippen molar-refractivity contribution in [2.75, 3.05) is 21.3 Å². The first-order valence-electron chi connectivity index (χ1n) is 7.15. The van der Waals surface area contributed by atoms with Gasteiger partial charge in [0.1, 0.15) is 0 Å². The van der Waals surface area contributed by atoms with Crippen molar-refractivity contribution in [2.24, 2.45) is 5.10 Å². The molecule has 2 aromatic rings. The Morgan fingerprint density at radius 1 is 1.00 bits per heavy atom. The molecule has 0 radical (unpaired) electrons. The molecule has 0 aliphatic carbocycles. The van der Waals surface area contributed by atoms with Crippen LogP contribution in [0.15, 0.2) is 41.8 Å². The number of pyridine rings is 1. The number of carbonyl (C=O) groups excluding carboxylic acids is 1. The predicted molar refractivity (Wildman–Crippen MR) is 90.0 cm³/mol. The first-order chi connectivity index (χ1) is 11.6. The number of hydrazone groups is 1. The maximum absolute atomic E-state index is 12.3. The van der Waals surface area contributed by atoms with E-state index in [-0.39, 0.29) is 5.91 Å². The van der Waals surface area contributed by atoms with Crippen LogP contribution in [0.3, 0.4) is 0 Å². The summed E-state index contributed by atoms with van der Waals surface area (Å²) in [5, 5.41) is 4.10. The number of aromatic nitrogens is 1. The van der Waals surface area contributed by atoms with Gasteiger partial charge in [-0.05, 0) is 31.2 Å². The number of carbonyl (C=O) groups is 1. The topological polar surface area (TPSA) is 82.0 Å².